The van der Waals surface area contributed by atoms with Gasteiger partial charge in [0.25, 0.3) is 0 Å². The van der Waals surface area contributed by atoms with Crippen molar-refractivity contribution < 1.29 is 0 Å². The molecule has 2 fully saturated rings. The molecule has 8 rings (SSSR count). The van der Waals surface area contributed by atoms with Gasteiger partial charge in [0.2, 0.25) is 0 Å². The molecule has 4 aromatic rings. The van der Waals surface area contributed by atoms with Crippen LogP contribution >= 0.6 is 0 Å². The van der Waals surface area contributed by atoms with Gasteiger partial charge in [-0.3, -0.25) is 4.99 Å². The van der Waals surface area contributed by atoms with Crippen molar-refractivity contribution in [1.82, 2.24) is 15.0 Å². The van der Waals surface area contributed by atoms with Crippen LogP contribution in [-0.2, 0) is 28.2 Å². The molecule has 3 aliphatic carbocycles. The first-order chi connectivity index (χ1) is 24.3. The highest BCUT2D eigenvalue weighted by molar-refractivity contribution is 6.09. The number of benzene rings is 3. The summed E-state index contributed by atoms with van der Waals surface area (Å²) in [6.07, 6.45) is 18.7. The third kappa shape index (κ3) is 6.23. The van der Waals surface area contributed by atoms with Crippen molar-refractivity contribution in [2.45, 2.75) is 134 Å². The number of hydrogen-bond donors (Lipinski definition) is 0. The van der Waals surface area contributed by atoms with Gasteiger partial charge < -0.3 is 0 Å². The fraction of sp³-hybridized carbons (Fsp3) is 0.447. The van der Waals surface area contributed by atoms with Gasteiger partial charge in [0.15, 0.2) is 17.5 Å². The number of aliphatic imine (C=N–C) groups is 1. The SMILES string of the molecule is C\C1=C/C=C(c2nc(-c3ccc(C(C)(C)C)cc3)nc(-c3ccc(C(C)(C)C)cc3)n2)\C=N\Cc2cc3c(cc21)C1(CCCC1)CC31CCCC1. The van der Waals surface area contributed by atoms with Gasteiger partial charge in [-0.15, -0.1) is 0 Å². The minimum absolute atomic E-state index is 0.0681. The third-order valence-electron chi connectivity index (χ3n) is 12.5. The molecule has 51 heavy (non-hydrogen) atoms. The Morgan fingerprint density at radius 2 is 1.04 bits per heavy atom. The highest BCUT2D eigenvalue weighted by Gasteiger charge is 2.53. The maximum Gasteiger partial charge on any atom is 0.165 e. The molecule has 0 N–H and O–H groups in total. The summed E-state index contributed by atoms with van der Waals surface area (Å²) >= 11 is 0. The number of aromatic nitrogens is 3. The first-order valence-corrected chi connectivity index (χ1v) is 19.4. The molecule has 0 bridgehead atoms. The summed E-state index contributed by atoms with van der Waals surface area (Å²) < 4.78 is 0. The van der Waals surface area contributed by atoms with E-state index in [0.29, 0.717) is 34.8 Å². The van der Waals surface area contributed by atoms with Crippen LogP contribution in [0.5, 0.6) is 0 Å². The average molecular weight is 675 g/mol. The fourth-order valence-electron chi connectivity index (χ4n) is 9.58. The predicted molar refractivity (Wildman–Crippen MR) is 213 cm³/mol. The lowest BCUT2D eigenvalue weighted by atomic mass is 9.75. The second kappa shape index (κ2) is 12.5. The molecule has 0 atom stereocenters. The van der Waals surface area contributed by atoms with Crippen LogP contribution in [0.25, 0.3) is 33.9 Å². The lowest BCUT2D eigenvalue weighted by Crippen LogP contribution is -2.24. The molecule has 2 heterocycles. The summed E-state index contributed by atoms with van der Waals surface area (Å²) in [6.45, 7) is 16.4. The smallest absolute Gasteiger partial charge is 0.165 e. The second-order valence-electron chi connectivity index (χ2n) is 18.1. The molecule has 262 valence electrons. The van der Waals surface area contributed by atoms with Crippen molar-refractivity contribution in [2.75, 3.05) is 0 Å². The zero-order valence-corrected chi connectivity index (χ0v) is 31.9. The summed E-state index contributed by atoms with van der Waals surface area (Å²) in [5.74, 6) is 1.99. The van der Waals surface area contributed by atoms with Gasteiger partial charge in [0.1, 0.15) is 0 Å². The van der Waals surface area contributed by atoms with Crippen LogP contribution in [0.1, 0.15) is 145 Å². The van der Waals surface area contributed by atoms with E-state index in [1.54, 1.807) is 11.1 Å². The Balaban J connectivity index is 1.21. The van der Waals surface area contributed by atoms with Crippen LogP contribution < -0.4 is 0 Å². The Labute approximate surface area is 305 Å². The average Bonchev–Trinajstić information content (AvgIpc) is 3.85. The number of nitrogens with zero attached hydrogens (tertiary/aromatic N) is 4. The van der Waals surface area contributed by atoms with Crippen LogP contribution in [0.4, 0.5) is 0 Å². The van der Waals surface area contributed by atoms with Gasteiger partial charge in [-0.05, 0) is 106 Å². The molecular formula is C47H54N4. The summed E-state index contributed by atoms with van der Waals surface area (Å²) in [7, 11) is 0. The van der Waals surface area contributed by atoms with Crippen molar-refractivity contribution in [3.63, 3.8) is 0 Å². The van der Waals surface area contributed by atoms with E-state index in [-0.39, 0.29) is 10.8 Å². The van der Waals surface area contributed by atoms with Crippen LogP contribution in [0.15, 0.2) is 77.8 Å². The summed E-state index contributed by atoms with van der Waals surface area (Å²) in [5, 5.41) is 0. The van der Waals surface area contributed by atoms with Crippen LogP contribution in [0.3, 0.4) is 0 Å². The Morgan fingerprint density at radius 1 is 0.569 bits per heavy atom. The van der Waals surface area contributed by atoms with Crippen LogP contribution in [0.2, 0.25) is 0 Å². The molecule has 0 saturated heterocycles. The molecule has 4 aliphatic rings. The van der Waals surface area contributed by atoms with Gasteiger partial charge in [-0.2, -0.15) is 0 Å². The minimum atomic E-state index is 0.0681. The molecular weight excluding hydrogens is 621 g/mol. The third-order valence-corrected chi connectivity index (χ3v) is 12.5. The summed E-state index contributed by atoms with van der Waals surface area (Å²) in [4.78, 5) is 20.4. The molecule has 0 unspecified atom stereocenters. The Bertz CT molecular complexity index is 1980. The van der Waals surface area contributed by atoms with Crippen molar-refractivity contribution in [3.8, 4) is 22.8 Å². The molecule has 3 aromatic carbocycles. The zero-order chi connectivity index (χ0) is 35.6. The standard InChI is InChI=1S/C47H54N4/c1-31-12-13-34(28-48-29-35-26-39-40(27-38(31)35)47(24-10-11-25-47)30-46(39)22-8-9-23-46)43-50-41(32-14-18-36(19-15-32)44(2,3)4)49-42(51-43)33-16-20-37(21-17-33)45(5,6)7/h12-21,26-28H,8-11,22-25,29-30H2,1-7H3/b31-12+,34-13+,48-28+. The second-order valence-corrected chi connectivity index (χ2v) is 18.1. The van der Waals surface area contributed by atoms with E-state index < -0.39 is 0 Å². The molecule has 4 heteroatoms. The van der Waals surface area contributed by atoms with E-state index in [2.05, 4.69) is 121 Å². The summed E-state index contributed by atoms with van der Waals surface area (Å²) in [6, 6.07) is 22.6. The van der Waals surface area contributed by atoms with Crippen molar-refractivity contribution >= 4 is 17.4 Å². The number of hydrogen-bond acceptors (Lipinski definition) is 4. The zero-order valence-electron chi connectivity index (χ0n) is 31.9. The quantitative estimate of drug-likeness (QED) is 0.217. The monoisotopic (exact) mass is 674 g/mol. The van der Waals surface area contributed by atoms with Gasteiger partial charge in [-0.1, -0.05) is 134 Å². The molecule has 1 aliphatic heterocycles. The van der Waals surface area contributed by atoms with E-state index in [1.165, 1.54) is 85.6 Å². The van der Waals surface area contributed by atoms with Crippen molar-refractivity contribution in [3.05, 3.63) is 112 Å². The molecule has 0 amide bonds. The van der Waals surface area contributed by atoms with E-state index in [9.17, 15) is 0 Å². The van der Waals surface area contributed by atoms with Crippen molar-refractivity contribution in [1.29, 1.82) is 0 Å². The lowest BCUT2D eigenvalue weighted by Gasteiger charge is -2.29. The highest BCUT2D eigenvalue weighted by atomic mass is 15.0. The Kier molecular flexibility index (Phi) is 8.32. The lowest BCUT2D eigenvalue weighted by molar-refractivity contribution is 0.323. The van der Waals surface area contributed by atoms with E-state index in [0.717, 1.165) is 16.7 Å². The largest absolute Gasteiger partial charge is 0.288 e. The fourth-order valence-corrected chi connectivity index (χ4v) is 9.58. The maximum atomic E-state index is 5.11. The molecule has 0 radical (unpaired) electrons. The van der Waals surface area contributed by atoms with Crippen LogP contribution in [-0.4, -0.2) is 21.2 Å². The van der Waals surface area contributed by atoms with E-state index in [1.807, 2.05) is 6.21 Å². The Morgan fingerprint density at radius 3 is 1.53 bits per heavy atom. The number of fused-ring (bicyclic) bond motifs is 4. The summed E-state index contributed by atoms with van der Waals surface area (Å²) in [5.41, 5.74) is 13.7. The van der Waals surface area contributed by atoms with E-state index >= 15 is 0 Å². The molecule has 2 saturated carbocycles. The van der Waals surface area contributed by atoms with Gasteiger partial charge >= 0.3 is 0 Å². The highest BCUT2D eigenvalue weighted by Crippen LogP contribution is 2.62. The first-order valence-electron chi connectivity index (χ1n) is 19.4. The van der Waals surface area contributed by atoms with Gasteiger partial charge in [0.05, 0.1) is 6.54 Å². The normalized spacial score (nSPS) is 22.0. The van der Waals surface area contributed by atoms with E-state index in [4.69, 9.17) is 19.9 Å². The van der Waals surface area contributed by atoms with Crippen molar-refractivity contribution in [2.24, 2.45) is 4.99 Å². The molecule has 4 nitrogen and oxygen atoms in total. The number of rotatable bonds is 3. The van der Waals surface area contributed by atoms with Gasteiger partial charge in [0, 0.05) is 22.9 Å². The molecule has 2 spiro atoms. The van der Waals surface area contributed by atoms with Gasteiger partial charge in [-0.25, -0.2) is 15.0 Å². The topological polar surface area (TPSA) is 51.0 Å². The minimum Gasteiger partial charge on any atom is -0.288 e. The predicted octanol–water partition coefficient (Wildman–Crippen LogP) is 11.9. The maximum absolute atomic E-state index is 5.11. The van der Waals surface area contributed by atoms with Crippen LogP contribution in [0, 0.1) is 0 Å². The Hall–Kier alpha value is -4.18. The molecule has 1 aromatic heterocycles. The number of allylic oxidation sites excluding steroid dienone is 4. The first kappa shape index (κ1) is 33.9.